The molecule has 0 saturated carbocycles. The lowest BCUT2D eigenvalue weighted by Crippen LogP contribution is -2.12. The van der Waals surface area contributed by atoms with Gasteiger partial charge in [-0.1, -0.05) is 17.7 Å². The fourth-order valence-corrected chi connectivity index (χ4v) is 3.73. The second-order valence-electron chi connectivity index (χ2n) is 6.73. The highest BCUT2D eigenvalue weighted by molar-refractivity contribution is 7.13. The monoisotopic (exact) mass is 464 g/mol. The van der Waals surface area contributed by atoms with Crippen molar-refractivity contribution in [1.82, 2.24) is 9.97 Å². The molecule has 3 heterocycles. The number of hydrogen-bond donors (Lipinski definition) is 2. The quantitative estimate of drug-likeness (QED) is 0.409. The van der Waals surface area contributed by atoms with Crippen molar-refractivity contribution in [2.24, 2.45) is 5.73 Å². The third-order valence-electron chi connectivity index (χ3n) is 4.49. The molecule has 2 amide bonds. The van der Waals surface area contributed by atoms with Gasteiger partial charge in [0.25, 0.3) is 5.91 Å². The summed E-state index contributed by atoms with van der Waals surface area (Å²) in [6.07, 6.45) is 4.38. The Hall–Kier alpha value is -3.75. The maximum absolute atomic E-state index is 12.6. The van der Waals surface area contributed by atoms with Crippen molar-refractivity contribution in [1.29, 1.82) is 0 Å². The van der Waals surface area contributed by atoms with Crippen LogP contribution in [0.15, 0.2) is 72.5 Å². The van der Waals surface area contributed by atoms with Gasteiger partial charge in [-0.3, -0.25) is 19.6 Å². The van der Waals surface area contributed by atoms with E-state index in [1.165, 1.54) is 18.5 Å². The van der Waals surface area contributed by atoms with E-state index in [4.69, 9.17) is 22.1 Å². The Morgan fingerprint density at radius 2 is 1.94 bits per heavy atom. The second-order valence-corrected chi connectivity index (χ2v) is 8.09. The molecule has 0 unspecified atom stereocenters. The molecule has 0 atom stereocenters. The minimum absolute atomic E-state index is 0.115. The van der Waals surface area contributed by atoms with E-state index in [0.29, 0.717) is 27.6 Å². The zero-order valence-electron chi connectivity index (χ0n) is 16.6. The van der Waals surface area contributed by atoms with Gasteiger partial charge in [-0.15, -0.1) is 11.3 Å². The van der Waals surface area contributed by atoms with Gasteiger partial charge in [-0.2, -0.15) is 0 Å². The molecule has 3 aromatic heterocycles. The molecule has 0 bridgehead atoms. The van der Waals surface area contributed by atoms with Gasteiger partial charge in [0.05, 0.1) is 27.9 Å². The van der Waals surface area contributed by atoms with Crippen LogP contribution in [0.25, 0.3) is 10.6 Å². The molecule has 9 heteroatoms. The van der Waals surface area contributed by atoms with Gasteiger partial charge in [0.15, 0.2) is 0 Å². The number of thiophene rings is 1. The lowest BCUT2D eigenvalue weighted by molar-refractivity contribution is 0.0997. The number of rotatable bonds is 7. The van der Waals surface area contributed by atoms with Crippen LogP contribution in [0.3, 0.4) is 0 Å². The third-order valence-corrected chi connectivity index (χ3v) is 5.76. The first kappa shape index (κ1) is 21.5. The van der Waals surface area contributed by atoms with Gasteiger partial charge >= 0.3 is 0 Å². The highest BCUT2D eigenvalue weighted by Crippen LogP contribution is 2.24. The molecule has 0 spiro atoms. The standard InChI is InChI=1S/C23H17ClN4O3S/c24-19-5-4-17(8-16(19)13-31-18-9-15(22(25)29)10-26-12-18)28-23(30)14-3-6-20(27-11-14)21-2-1-7-32-21/h1-12H,13H2,(H2,25,29)(H,28,30). The number of ether oxygens (including phenoxy) is 1. The van der Waals surface area contributed by atoms with E-state index >= 15 is 0 Å². The Morgan fingerprint density at radius 3 is 2.66 bits per heavy atom. The Balaban J connectivity index is 1.43. The number of carbonyl (C=O) groups is 2. The summed E-state index contributed by atoms with van der Waals surface area (Å²) < 4.78 is 5.68. The van der Waals surface area contributed by atoms with Crippen LogP contribution in [-0.4, -0.2) is 21.8 Å². The number of halogens is 1. The van der Waals surface area contributed by atoms with Crippen LogP contribution in [-0.2, 0) is 6.61 Å². The van der Waals surface area contributed by atoms with Crippen LogP contribution in [0.2, 0.25) is 5.02 Å². The van der Waals surface area contributed by atoms with E-state index < -0.39 is 5.91 Å². The average Bonchev–Trinajstić information content (AvgIpc) is 3.35. The third kappa shape index (κ3) is 5.11. The Morgan fingerprint density at radius 1 is 1.06 bits per heavy atom. The number of aromatic nitrogens is 2. The summed E-state index contributed by atoms with van der Waals surface area (Å²) >= 11 is 7.86. The lowest BCUT2D eigenvalue weighted by Gasteiger charge is -2.11. The molecule has 0 aliphatic carbocycles. The smallest absolute Gasteiger partial charge is 0.257 e. The molecule has 4 aromatic rings. The van der Waals surface area contributed by atoms with E-state index in [1.807, 2.05) is 23.6 Å². The first-order valence-corrected chi connectivity index (χ1v) is 10.7. The number of amides is 2. The van der Waals surface area contributed by atoms with Gasteiger partial charge in [0.1, 0.15) is 12.4 Å². The molecular formula is C23H17ClN4O3S. The number of benzene rings is 1. The van der Waals surface area contributed by atoms with Crippen LogP contribution >= 0.6 is 22.9 Å². The predicted molar refractivity (Wildman–Crippen MR) is 124 cm³/mol. The fraction of sp³-hybridized carbons (Fsp3) is 0.0435. The number of carbonyl (C=O) groups excluding carboxylic acids is 2. The molecule has 0 saturated heterocycles. The summed E-state index contributed by atoms with van der Waals surface area (Å²) in [5.41, 5.74) is 7.97. The normalized spacial score (nSPS) is 10.5. The van der Waals surface area contributed by atoms with Crippen molar-refractivity contribution in [3.63, 3.8) is 0 Å². The zero-order valence-corrected chi connectivity index (χ0v) is 18.2. The zero-order chi connectivity index (χ0) is 22.5. The van der Waals surface area contributed by atoms with Gasteiger partial charge in [-0.05, 0) is 47.8 Å². The topological polar surface area (TPSA) is 107 Å². The van der Waals surface area contributed by atoms with E-state index in [0.717, 1.165) is 10.6 Å². The molecule has 160 valence electrons. The van der Waals surface area contributed by atoms with Crippen molar-refractivity contribution >= 4 is 40.4 Å². The maximum Gasteiger partial charge on any atom is 0.257 e. The maximum atomic E-state index is 12.6. The molecule has 0 aliphatic heterocycles. The highest BCUT2D eigenvalue weighted by Gasteiger charge is 2.11. The minimum atomic E-state index is -0.594. The average molecular weight is 465 g/mol. The van der Waals surface area contributed by atoms with Crippen LogP contribution in [0.1, 0.15) is 26.3 Å². The summed E-state index contributed by atoms with van der Waals surface area (Å²) in [5, 5.41) is 5.29. The first-order chi connectivity index (χ1) is 15.5. The van der Waals surface area contributed by atoms with Crippen molar-refractivity contribution in [3.8, 4) is 16.3 Å². The van der Waals surface area contributed by atoms with E-state index in [1.54, 1.807) is 41.8 Å². The summed E-state index contributed by atoms with van der Waals surface area (Å²) in [7, 11) is 0. The largest absolute Gasteiger partial charge is 0.487 e. The van der Waals surface area contributed by atoms with Crippen molar-refractivity contribution in [3.05, 3.63) is 94.2 Å². The number of anilines is 1. The molecular weight excluding hydrogens is 448 g/mol. The van der Waals surface area contributed by atoms with Crippen molar-refractivity contribution < 1.29 is 14.3 Å². The van der Waals surface area contributed by atoms with Crippen LogP contribution < -0.4 is 15.8 Å². The SMILES string of the molecule is NC(=O)c1cncc(OCc2cc(NC(=O)c3ccc(-c4cccs4)nc3)ccc2Cl)c1. The van der Waals surface area contributed by atoms with E-state index in [2.05, 4.69) is 15.3 Å². The van der Waals surface area contributed by atoms with Crippen LogP contribution in [0, 0.1) is 0 Å². The Labute approximate surface area is 192 Å². The molecule has 0 fully saturated rings. The Kier molecular flexibility index (Phi) is 6.44. The number of nitrogens with zero attached hydrogens (tertiary/aromatic N) is 2. The summed E-state index contributed by atoms with van der Waals surface area (Å²) in [6, 6.07) is 14.1. The fourth-order valence-electron chi connectivity index (χ4n) is 2.86. The highest BCUT2D eigenvalue weighted by atomic mass is 35.5. The molecule has 4 rings (SSSR count). The number of primary amides is 1. The Bertz CT molecular complexity index is 1260. The number of hydrogen-bond acceptors (Lipinski definition) is 6. The number of nitrogens with two attached hydrogens (primary N) is 1. The van der Waals surface area contributed by atoms with Gasteiger partial charge in [0.2, 0.25) is 5.91 Å². The second kappa shape index (κ2) is 9.59. The summed E-state index contributed by atoms with van der Waals surface area (Å²) in [4.78, 5) is 33.2. The van der Waals surface area contributed by atoms with Crippen molar-refractivity contribution in [2.45, 2.75) is 6.61 Å². The number of nitrogens with one attached hydrogen (secondary N) is 1. The lowest BCUT2D eigenvalue weighted by atomic mass is 10.2. The van der Waals surface area contributed by atoms with Gasteiger partial charge in [-0.25, -0.2) is 0 Å². The molecule has 32 heavy (non-hydrogen) atoms. The van der Waals surface area contributed by atoms with Gasteiger partial charge in [0, 0.05) is 28.7 Å². The molecule has 0 radical (unpaired) electrons. The molecule has 1 aromatic carbocycles. The first-order valence-electron chi connectivity index (χ1n) is 9.47. The minimum Gasteiger partial charge on any atom is -0.487 e. The molecule has 3 N–H and O–H groups in total. The van der Waals surface area contributed by atoms with Crippen LogP contribution in [0.5, 0.6) is 5.75 Å². The molecule has 7 nitrogen and oxygen atoms in total. The van der Waals surface area contributed by atoms with E-state index in [-0.39, 0.29) is 18.1 Å². The molecule has 0 aliphatic rings. The van der Waals surface area contributed by atoms with Crippen molar-refractivity contribution in [2.75, 3.05) is 5.32 Å². The summed E-state index contributed by atoms with van der Waals surface area (Å²) in [5.74, 6) is -0.505. The number of pyridine rings is 2. The predicted octanol–water partition coefficient (Wildman–Crippen LogP) is 4.79. The van der Waals surface area contributed by atoms with Gasteiger partial charge < -0.3 is 15.8 Å². The van der Waals surface area contributed by atoms with E-state index in [9.17, 15) is 9.59 Å². The van der Waals surface area contributed by atoms with Crippen LogP contribution in [0.4, 0.5) is 5.69 Å². The summed E-state index contributed by atoms with van der Waals surface area (Å²) in [6.45, 7) is 0.115.